The maximum absolute atomic E-state index is 11.5. The number of nitrogens with zero attached hydrogens (tertiary/aromatic N) is 1. The Kier molecular flexibility index (Phi) is 4.69. The zero-order valence-electron chi connectivity index (χ0n) is 9.53. The molecule has 0 bridgehead atoms. The third kappa shape index (κ3) is 2.99. The number of aldehydes is 2. The van der Waals surface area contributed by atoms with Crippen molar-refractivity contribution in [3.05, 3.63) is 32.6 Å². The topological polar surface area (TPSA) is 118 Å². The fourth-order valence-corrected chi connectivity index (χ4v) is 1.24. The van der Waals surface area contributed by atoms with Crippen molar-refractivity contribution in [1.29, 1.82) is 0 Å². The largest absolute Gasteiger partial charge is 0.393 e. The Morgan fingerprint density at radius 2 is 2.11 bits per heavy atom. The van der Waals surface area contributed by atoms with E-state index in [1.165, 1.54) is 6.92 Å². The summed E-state index contributed by atoms with van der Waals surface area (Å²) in [4.78, 5) is 45.9. The summed E-state index contributed by atoms with van der Waals surface area (Å²) in [5.74, 6) is 0. The van der Waals surface area contributed by atoms with E-state index in [9.17, 15) is 19.2 Å². The third-order valence-electron chi connectivity index (χ3n) is 2.18. The van der Waals surface area contributed by atoms with E-state index in [1.807, 2.05) is 4.98 Å². The maximum Gasteiger partial charge on any atom is 0.330 e. The van der Waals surface area contributed by atoms with E-state index in [-0.39, 0.29) is 11.8 Å². The smallest absolute Gasteiger partial charge is 0.330 e. The van der Waals surface area contributed by atoms with E-state index in [0.29, 0.717) is 6.29 Å². The van der Waals surface area contributed by atoms with Gasteiger partial charge in [-0.3, -0.25) is 19.1 Å². The molecule has 8 nitrogen and oxygen atoms in total. The molecule has 8 heteroatoms. The second-order valence-electron chi connectivity index (χ2n) is 3.50. The van der Waals surface area contributed by atoms with E-state index < -0.39 is 30.2 Å². The minimum Gasteiger partial charge on any atom is -0.393 e. The summed E-state index contributed by atoms with van der Waals surface area (Å²) in [6, 6.07) is 0. The number of rotatable bonds is 6. The van der Waals surface area contributed by atoms with Crippen molar-refractivity contribution < 1.29 is 19.4 Å². The lowest BCUT2D eigenvalue weighted by atomic mass is 10.4. The standard InChI is InChI=1S/C10H12N2O6/c1-6-2-12(10(17)11-9(6)16)8(5-15)18-7(3-13)4-14/h2-3,5,7-8,14H,4H2,1H3,(H,11,16,17)/t7-,8-/m1/s1. The molecule has 1 heterocycles. The zero-order chi connectivity index (χ0) is 13.7. The summed E-state index contributed by atoms with van der Waals surface area (Å²) in [5.41, 5.74) is -1.21. The highest BCUT2D eigenvalue weighted by Gasteiger charge is 2.18. The summed E-state index contributed by atoms with van der Waals surface area (Å²) in [6.45, 7) is 0.824. The van der Waals surface area contributed by atoms with Gasteiger partial charge >= 0.3 is 5.69 Å². The van der Waals surface area contributed by atoms with Crippen LogP contribution in [0.2, 0.25) is 0 Å². The summed E-state index contributed by atoms with van der Waals surface area (Å²) in [5, 5.41) is 8.77. The molecule has 0 saturated heterocycles. The first-order valence-electron chi connectivity index (χ1n) is 5.02. The normalized spacial score (nSPS) is 13.9. The molecule has 0 aliphatic rings. The molecule has 0 aliphatic carbocycles. The van der Waals surface area contributed by atoms with Crippen LogP contribution in [0.5, 0.6) is 0 Å². The second kappa shape index (κ2) is 6.03. The number of aromatic nitrogens is 2. The highest BCUT2D eigenvalue weighted by Crippen LogP contribution is 2.05. The molecule has 0 aromatic carbocycles. The molecule has 0 radical (unpaired) electrons. The Balaban J connectivity index is 3.13. The van der Waals surface area contributed by atoms with Crippen LogP contribution in [0, 0.1) is 6.92 Å². The Hall–Kier alpha value is -2.06. The predicted octanol–water partition coefficient (Wildman–Crippen LogP) is -1.88. The molecular formula is C10H12N2O6. The third-order valence-corrected chi connectivity index (χ3v) is 2.18. The van der Waals surface area contributed by atoms with Gasteiger partial charge in [-0.2, -0.15) is 0 Å². The molecule has 2 N–H and O–H groups in total. The van der Waals surface area contributed by atoms with Gasteiger partial charge in [0.25, 0.3) is 5.56 Å². The first kappa shape index (κ1) is 14.0. The molecule has 0 amide bonds. The number of hydrogen-bond acceptors (Lipinski definition) is 6. The molecule has 0 unspecified atom stereocenters. The van der Waals surface area contributed by atoms with Gasteiger partial charge < -0.3 is 14.6 Å². The molecule has 0 saturated carbocycles. The lowest BCUT2D eigenvalue weighted by molar-refractivity contribution is -0.140. The Morgan fingerprint density at radius 1 is 1.44 bits per heavy atom. The number of aromatic amines is 1. The number of aliphatic hydroxyl groups excluding tert-OH is 1. The molecule has 0 fully saturated rings. The number of nitrogens with one attached hydrogen (secondary N) is 1. The van der Waals surface area contributed by atoms with Crippen LogP contribution in [0.1, 0.15) is 11.8 Å². The van der Waals surface area contributed by atoms with Crippen molar-refractivity contribution >= 4 is 12.6 Å². The van der Waals surface area contributed by atoms with E-state index in [0.717, 1.165) is 10.8 Å². The van der Waals surface area contributed by atoms with Gasteiger partial charge in [-0.15, -0.1) is 0 Å². The number of carbonyl (C=O) groups is 2. The highest BCUT2D eigenvalue weighted by atomic mass is 16.5. The van der Waals surface area contributed by atoms with Crippen LogP contribution in [0.15, 0.2) is 15.8 Å². The van der Waals surface area contributed by atoms with Crippen LogP contribution in [0.25, 0.3) is 0 Å². The monoisotopic (exact) mass is 256 g/mol. The molecule has 1 aromatic heterocycles. The quantitative estimate of drug-likeness (QED) is 0.575. The average molecular weight is 256 g/mol. The van der Waals surface area contributed by atoms with Gasteiger partial charge in [0.1, 0.15) is 6.10 Å². The first-order valence-corrected chi connectivity index (χ1v) is 5.02. The van der Waals surface area contributed by atoms with Crippen LogP contribution in [0.3, 0.4) is 0 Å². The van der Waals surface area contributed by atoms with Gasteiger partial charge in [-0.25, -0.2) is 4.79 Å². The second-order valence-corrected chi connectivity index (χ2v) is 3.50. The molecule has 98 valence electrons. The van der Waals surface area contributed by atoms with Crippen molar-refractivity contribution in [1.82, 2.24) is 9.55 Å². The van der Waals surface area contributed by atoms with Crippen LogP contribution in [-0.2, 0) is 14.3 Å². The van der Waals surface area contributed by atoms with Crippen LogP contribution >= 0.6 is 0 Å². The van der Waals surface area contributed by atoms with Crippen LogP contribution in [-0.4, -0.2) is 39.9 Å². The van der Waals surface area contributed by atoms with E-state index in [2.05, 4.69) is 0 Å². The predicted molar refractivity (Wildman–Crippen MR) is 59.2 cm³/mol. The number of ether oxygens (including phenoxy) is 1. The number of aryl methyl sites for hydroxylation is 1. The van der Waals surface area contributed by atoms with Gasteiger partial charge in [-0.05, 0) is 6.92 Å². The molecule has 1 aromatic rings. The summed E-state index contributed by atoms with van der Waals surface area (Å²) in [7, 11) is 0. The molecule has 0 spiro atoms. The van der Waals surface area contributed by atoms with Crippen LogP contribution in [0.4, 0.5) is 0 Å². The lowest BCUT2D eigenvalue weighted by Gasteiger charge is -2.17. The molecule has 1 rings (SSSR count). The molecule has 0 aliphatic heterocycles. The summed E-state index contributed by atoms with van der Waals surface area (Å²) in [6.07, 6.45) is -0.889. The van der Waals surface area contributed by atoms with Gasteiger partial charge in [0.15, 0.2) is 18.8 Å². The highest BCUT2D eigenvalue weighted by molar-refractivity contribution is 5.58. The molecule has 18 heavy (non-hydrogen) atoms. The number of aliphatic hydroxyl groups is 1. The fraction of sp³-hybridized carbons (Fsp3) is 0.400. The summed E-state index contributed by atoms with van der Waals surface area (Å²) < 4.78 is 5.74. The first-order chi connectivity index (χ1) is 8.53. The van der Waals surface area contributed by atoms with E-state index in [4.69, 9.17) is 9.84 Å². The van der Waals surface area contributed by atoms with Crippen molar-refractivity contribution in [3.63, 3.8) is 0 Å². The maximum atomic E-state index is 11.5. The van der Waals surface area contributed by atoms with Gasteiger partial charge in [0.2, 0.25) is 0 Å². The fourth-order valence-electron chi connectivity index (χ4n) is 1.24. The lowest BCUT2D eigenvalue weighted by Crippen LogP contribution is -2.37. The van der Waals surface area contributed by atoms with E-state index in [1.54, 1.807) is 0 Å². The minimum atomic E-state index is -1.39. The van der Waals surface area contributed by atoms with Crippen molar-refractivity contribution in [3.8, 4) is 0 Å². The molecular weight excluding hydrogens is 244 g/mol. The van der Waals surface area contributed by atoms with Gasteiger partial charge in [-0.1, -0.05) is 0 Å². The minimum absolute atomic E-state index is 0.205. The van der Waals surface area contributed by atoms with Crippen LogP contribution < -0.4 is 11.2 Å². The summed E-state index contributed by atoms with van der Waals surface area (Å²) >= 11 is 0. The number of hydrogen-bond donors (Lipinski definition) is 2. The van der Waals surface area contributed by atoms with E-state index >= 15 is 0 Å². The SMILES string of the molecule is Cc1cn([C@@H](C=O)O[C@H](C=O)CO)c(=O)[nH]c1=O. The Labute approximate surface area is 101 Å². The van der Waals surface area contributed by atoms with Gasteiger partial charge in [0.05, 0.1) is 6.61 Å². The number of H-pyrrole nitrogens is 1. The Bertz CT molecular complexity index is 546. The molecule has 2 atom stereocenters. The Morgan fingerprint density at radius 3 is 2.61 bits per heavy atom. The van der Waals surface area contributed by atoms with Crippen molar-refractivity contribution in [2.45, 2.75) is 19.3 Å². The zero-order valence-corrected chi connectivity index (χ0v) is 9.53. The van der Waals surface area contributed by atoms with Crippen molar-refractivity contribution in [2.24, 2.45) is 0 Å². The van der Waals surface area contributed by atoms with Gasteiger partial charge in [0, 0.05) is 11.8 Å². The number of carbonyl (C=O) groups excluding carboxylic acids is 2. The average Bonchev–Trinajstić information content (AvgIpc) is 2.36. The van der Waals surface area contributed by atoms with Crippen molar-refractivity contribution in [2.75, 3.05) is 6.61 Å².